The SMILES string of the molecule is CCC(C)(C)/C(=N/C(=N)C(C)(C)C)NC. The van der Waals surface area contributed by atoms with Crippen LogP contribution >= 0.6 is 0 Å². The minimum Gasteiger partial charge on any atom is -0.376 e. The second kappa shape index (κ2) is 4.77. The number of hydrogen-bond acceptors (Lipinski definition) is 1. The van der Waals surface area contributed by atoms with E-state index in [0.29, 0.717) is 5.84 Å². The van der Waals surface area contributed by atoms with Crippen LogP contribution < -0.4 is 5.32 Å². The third-order valence-electron chi connectivity index (χ3n) is 2.70. The average molecular weight is 211 g/mol. The first-order valence-electron chi connectivity index (χ1n) is 5.51. The molecule has 3 nitrogen and oxygen atoms in total. The van der Waals surface area contributed by atoms with Gasteiger partial charge in [-0.25, -0.2) is 4.99 Å². The van der Waals surface area contributed by atoms with Gasteiger partial charge in [-0.15, -0.1) is 0 Å². The number of nitrogens with one attached hydrogen (secondary N) is 2. The van der Waals surface area contributed by atoms with Crippen molar-refractivity contribution < 1.29 is 0 Å². The quantitative estimate of drug-likeness (QED) is 0.535. The smallest absolute Gasteiger partial charge is 0.127 e. The van der Waals surface area contributed by atoms with Crippen LogP contribution in [0.2, 0.25) is 0 Å². The van der Waals surface area contributed by atoms with Gasteiger partial charge >= 0.3 is 0 Å². The fourth-order valence-electron chi connectivity index (χ4n) is 0.993. The number of nitrogens with zero attached hydrogens (tertiary/aromatic N) is 1. The van der Waals surface area contributed by atoms with E-state index in [4.69, 9.17) is 5.41 Å². The van der Waals surface area contributed by atoms with E-state index in [0.717, 1.165) is 12.3 Å². The summed E-state index contributed by atoms with van der Waals surface area (Å²) >= 11 is 0. The fourth-order valence-corrected chi connectivity index (χ4v) is 0.993. The highest BCUT2D eigenvalue weighted by Crippen LogP contribution is 2.23. The molecule has 0 fully saturated rings. The zero-order valence-electron chi connectivity index (χ0n) is 11.2. The zero-order valence-corrected chi connectivity index (χ0v) is 11.2. The van der Waals surface area contributed by atoms with E-state index in [2.05, 4.69) is 31.1 Å². The molecule has 0 aromatic rings. The van der Waals surface area contributed by atoms with Crippen molar-refractivity contribution in [3.63, 3.8) is 0 Å². The van der Waals surface area contributed by atoms with Crippen molar-refractivity contribution in [2.24, 2.45) is 15.8 Å². The Hall–Kier alpha value is -0.860. The lowest BCUT2D eigenvalue weighted by Crippen LogP contribution is -2.36. The van der Waals surface area contributed by atoms with E-state index in [1.54, 1.807) is 0 Å². The maximum absolute atomic E-state index is 7.90. The summed E-state index contributed by atoms with van der Waals surface area (Å²) in [4.78, 5) is 4.40. The van der Waals surface area contributed by atoms with Gasteiger partial charge in [0.2, 0.25) is 0 Å². The minimum absolute atomic E-state index is 0.00625. The molecule has 0 aromatic heterocycles. The molecule has 0 atom stereocenters. The Labute approximate surface area is 93.9 Å². The normalized spacial score (nSPS) is 13.9. The summed E-state index contributed by atoms with van der Waals surface area (Å²) in [5, 5.41) is 11.0. The molecule has 0 aliphatic carbocycles. The first-order chi connectivity index (χ1) is 6.65. The largest absolute Gasteiger partial charge is 0.376 e. The number of rotatable bonds is 2. The lowest BCUT2D eigenvalue weighted by atomic mass is 9.88. The number of amidine groups is 2. The highest BCUT2D eigenvalue weighted by molar-refractivity contribution is 6.00. The van der Waals surface area contributed by atoms with E-state index in [9.17, 15) is 0 Å². The van der Waals surface area contributed by atoms with Gasteiger partial charge in [-0.2, -0.15) is 0 Å². The van der Waals surface area contributed by atoms with E-state index in [1.165, 1.54) is 0 Å². The molecule has 0 aliphatic heterocycles. The highest BCUT2D eigenvalue weighted by atomic mass is 15.0. The van der Waals surface area contributed by atoms with Gasteiger partial charge in [0.25, 0.3) is 0 Å². The second-order valence-electron chi connectivity index (χ2n) is 5.55. The van der Waals surface area contributed by atoms with E-state index >= 15 is 0 Å². The highest BCUT2D eigenvalue weighted by Gasteiger charge is 2.24. The Bertz CT molecular complexity index is 257. The van der Waals surface area contributed by atoms with Crippen LogP contribution in [0.4, 0.5) is 0 Å². The molecule has 0 saturated carbocycles. The van der Waals surface area contributed by atoms with Gasteiger partial charge in [0, 0.05) is 17.9 Å². The van der Waals surface area contributed by atoms with Crippen molar-refractivity contribution in [2.75, 3.05) is 7.05 Å². The van der Waals surface area contributed by atoms with Crippen LogP contribution in [0.3, 0.4) is 0 Å². The zero-order chi connectivity index (χ0) is 12.3. The Morgan fingerprint density at radius 1 is 1.20 bits per heavy atom. The van der Waals surface area contributed by atoms with Crippen LogP contribution in [0.5, 0.6) is 0 Å². The first kappa shape index (κ1) is 14.1. The summed E-state index contributed by atoms with van der Waals surface area (Å²) in [5.41, 5.74) is -0.182. The molecule has 15 heavy (non-hydrogen) atoms. The Morgan fingerprint density at radius 2 is 1.67 bits per heavy atom. The van der Waals surface area contributed by atoms with Crippen LogP contribution in [0.1, 0.15) is 48.0 Å². The summed E-state index contributed by atoms with van der Waals surface area (Å²) in [7, 11) is 1.87. The van der Waals surface area contributed by atoms with Gasteiger partial charge in [0.1, 0.15) is 11.7 Å². The van der Waals surface area contributed by atoms with Gasteiger partial charge in [0.15, 0.2) is 0 Å². The molecule has 0 saturated heterocycles. The van der Waals surface area contributed by atoms with Crippen molar-refractivity contribution >= 4 is 11.7 Å². The molecular formula is C12H25N3. The molecule has 3 heteroatoms. The van der Waals surface area contributed by atoms with E-state index in [1.807, 2.05) is 27.8 Å². The van der Waals surface area contributed by atoms with Crippen LogP contribution in [0.15, 0.2) is 4.99 Å². The van der Waals surface area contributed by atoms with Gasteiger partial charge in [-0.1, -0.05) is 41.5 Å². The third-order valence-corrected chi connectivity index (χ3v) is 2.70. The summed E-state index contributed by atoms with van der Waals surface area (Å²) in [6.45, 7) is 12.4. The second-order valence-corrected chi connectivity index (χ2v) is 5.55. The van der Waals surface area contributed by atoms with Gasteiger partial charge in [-0.05, 0) is 6.42 Å². The molecule has 0 unspecified atom stereocenters. The Balaban J connectivity index is 5.00. The minimum atomic E-state index is -0.189. The molecule has 0 radical (unpaired) electrons. The van der Waals surface area contributed by atoms with Crippen LogP contribution in [-0.2, 0) is 0 Å². The molecule has 0 aromatic carbocycles. The molecule has 0 heterocycles. The monoisotopic (exact) mass is 211 g/mol. The molecular weight excluding hydrogens is 186 g/mol. The van der Waals surface area contributed by atoms with Crippen molar-refractivity contribution in [3.8, 4) is 0 Å². The third kappa shape index (κ3) is 4.02. The fraction of sp³-hybridized carbons (Fsp3) is 0.833. The lowest BCUT2D eigenvalue weighted by molar-refractivity contribution is 0.488. The standard InChI is InChI=1S/C12H25N3/c1-8-12(5,6)10(14-7)15-9(13)11(2,3)4/h8H2,1-7H3,(H2,13,14,15). The van der Waals surface area contributed by atoms with Gasteiger partial charge in [-0.3, -0.25) is 5.41 Å². The predicted octanol–water partition coefficient (Wildman–Crippen LogP) is 3.06. The van der Waals surface area contributed by atoms with Crippen molar-refractivity contribution in [2.45, 2.75) is 48.0 Å². The summed E-state index contributed by atoms with van der Waals surface area (Å²) < 4.78 is 0. The van der Waals surface area contributed by atoms with Crippen LogP contribution in [0, 0.1) is 16.2 Å². The molecule has 0 aliphatic rings. The van der Waals surface area contributed by atoms with E-state index in [-0.39, 0.29) is 10.8 Å². The number of hydrogen-bond donors (Lipinski definition) is 2. The average Bonchev–Trinajstić information content (AvgIpc) is 2.11. The molecule has 0 spiro atoms. The molecule has 0 amide bonds. The Morgan fingerprint density at radius 3 is 1.93 bits per heavy atom. The van der Waals surface area contributed by atoms with Crippen LogP contribution in [0.25, 0.3) is 0 Å². The van der Waals surface area contributed by atoms with Crippen molar-refractivity contribution in [1.82, 2.24) is 5.32 Å². The summed E-state index contributed by atoms with van der Waals surface area (Å²) in [6.07, 6.45) is 1.00. The maximum Gasteiger partial charge on any atom is 0.127 e. The van der Waals surface area contributed by atoms with E-state index < -0.39 is 0 Å². The van der Waals surface area contributed by atoms with Crippen LogP contribution in [-0.4, -0.2) is 18.7 Å². The molecule has 0 rings (SSSR count). The summed E-state index contributed by atoms with van der Waals surface area (Å²) in [6, 6.07) is 0. The lowest BCUT2D eigenvalue weighted by Gasteiger charge is -2.26. The molecule has 2 N–H and O–H groups in total. The number of aliphatic imine (C=N–C) groups is 1. The maximum atomic E-state index is 7.90. The van der Waals surface area contributed by atoms with Crippen molar-refractivity contribution in [1.29, 1.82) is 5.41 Å². The van der Waals surface area contributed by atoms with Gasteiger partial charge < -0.3 is 5.32 Å². The molecule has 88 valence electrons. The first-order valence-corrected chi connectivity index (χ1v) is 5.51. The Kier molecular flexibility index (Phi) is 4.50. The van der Waals surface area contributed by atoms with Crippen molar-refractivity contribution in [3.05, 3.63) is 0 Å². The van der Waals surface area contributed by atoms with Gasteiger partial charge in [0.05, 0.1) is 0 Å². The summed E-state index contributed by atoms with van der Waals surface area (Å²) in [5.74, 6) is 1.32. The molecule has 0 bridgehead atoms. The predicted molar refractivity (Wildman–Crippen MR) is 67.7 cm³/mol. The topological polar surface area (TPSA) is 48.2 Å².